The highest BCUT2D eigenvalue weighted by atomic mass is 35.5. The maximum Gasteiger partial charge on any atom is 0.318 e. The van der Waals surface area contributed by atoms with Gasteiger partial charge in [0.1, 0.15) is 17.1 Å². The molecule has 1 spiro atoms. The van der Waals surface area contributed by atoms with Crippen molar-refractivity contribution in [2.45, 2.75) is 24.3 Å². The zero-order valence-electron chi connectivity index (χ0n) is 18.5. The van der Waals surface area contributed by atoms with E-state index < -0.39 is 5.82 Å². The molecule has 0 amide bonds. The number of piperazine rings is 1. The molecule has 1 aromatic heterocycles. The average molecular weight is 505 g/mol. The molecule has 0 atom stereocenters. The van der Waals surface area contributed by atoms with Crippen LogP contribution in [-0.4, -0.2) is 60.6 Å². The number of rotatable bonds is 4. The SMILES string of the molecule is COc1nc(N2CCNC3(COC3)C2)c2cc(Cl)c(-c3cc(O)cc(Cl)c3C3CC3)c(F)c2n1. The molecule has 2 saturated heterocycles. The number of anilines is 1. The summed E-state index contributed by atoms with van der Waals surface area (Å²) in [5.41, 5.74) is 1.44. The van der Waals surface area contributed by atoms with Gasteiger partial charge >= 0.3 is 6.01 Å². The van der Waals surface area contributed by atoms with E-state index in [0.29, 0.717) is 48.1 Å². The van der Waals surface area contributed by atoms with E-state index >= 15 is 4.39 Å². The van der Waals surface area contributed by atoms with Gasteiger partial charge in [0.05, 0.1) is 30.9 Å². The second-order valence-corrected chi connectivity index (χ2v) is 10.1. The number of hydrogen-bond donors (Lipinski definition) is 2. The van der Waals surface area contributed by atoms with Crippen LogP contribution in [0.25, 0.3) is 22.0 Å². The van der Waals surface area contributed by atoms with Crippen LogP contribution in [0.2, 0.25) is 10.0 Å². The predicted octanol–water partition coefficient (Wildman–Crippen LogP) is 4.51. The third-order valence-electron chi connectivity index (χ3n) is 6.83. The summed E-state index contributed by atoms with van der Waals surface area (Å²) in [5, 5.41) is 14.9. The smallest absolute Gasteiger partial charge is 0.318 e. The number of benzene rings is 2. The van der Waals surface area contributed by atoms with Crippen molar-refractivity contribution in [1.82, 2.24) is 15.3 Å². The van der Waals surface area contributed by atoms with E-state index in [1.165, 1.54) is 19.2 Å². The number of nitrogens with zero attached hydrogens (tertiary/aromatic N) is 3. The average Bonchev–Trinajstić information content (AvgIpc) is 3.62. The van der Waals surface area contributed by atoms with Crippen LogP contribution in [0.15, 0.2) is 18.2 Å². The number of aromatic hydroxyl groups is 1. The fourth-order valence-corrected chi connectivity index (χ4v) is 5.68. The second-order valence-electron chi connectivity index (χ2n) is 9.26. The van der Waals surface area contributed by atoms with Gasteiger partial charge in [0.2, 0.25) is 0 Å². The van der Waals surface area contributed by atoms with Gasteiger partial charge in [-0.1, -0.05) is 23.2 Å². The lowest BCUT2D eigenvalue weighted by Crippen LogP contribution is -2.70. The molecule has 0 unspecified atom stereocenters. The van der Waals surface area contributed by atoms with E-state index in [2.05, 4.69) is 20.2 Å². The van der Waals surface area contributed by atoms with Gasteiger partial charge in [-0.3, -0.25) is 0 Å². The fourth-order valence-electron chi connectivity index (χ4n) is 5.02. The van der Waals surface area contributed by atoms with Crippen molar-refractivity contribution in [2.75, 3.05) is 44.9 Å². The van der Waals surface area contributed by atoms with Crippen molar-refractivity contribution in [3.05, 3.63) is 39.6 Å². The van der Waals surface area contributed by atoms with Gasteiger partial charge in [-0.05, 0) is 48.1 Å². The molecule has 178 valence electrons. The van der Waals surface area contributed by atoms with Crippen molar-refractivity contribution in [3.63, 3.8) is 0 Å². The predicted molar refractivity (Wildman–Crippen MR) is 129 cm³/mol. The molecule has 3 aliphatic rings. The molecule has 7 nitrogen and oxygen atoms in total. The van der Waals surface area contributed by atoms with Gasteiger partial charge in [0.15, 0.2) is 5.82 Å². The zero-order chi connectivity index (χ0) is 23.6. The van der Waals surface area contributed by atoms with Gasteiger partial charge < -0.3 is 24.8 Å². The van der Waals surface area contributed by atoms with Crippen molar-refractivity contribution in [1.29, 1.82) is 0 Å². The van der Waals surface area contributed by atoms with Gasteiger partial charge in [0, 0.05) is 35.6 Å². The van der Waals surface area contributed by atoms with Crippen LogP contribution in [0.4, 0.5) is 10.2 Å². The summed E-state index contributed by atoms with van der Waals surface area (Å²) in [5.74, 6) is 0.143. The number of nitrogens with one attached hydrogen (secondary N) is 1. The van der Waals surface area contributed by atoms with Crippen LogP contribution < -0.4 is 15.0 Å². The van der Waals surface area contributed by atoms with Crippen molar-refractivity contribution in [2.24, 2.45) is 0 Å². The summed E-state index contributed by atoms with van der Waals surface area (Å²) < 4.78 is 27.0. The Labute approximate surface area is 205 Å². The van der Waals surface area contributed by atoms with E-state index in [9.17, 15) is 5.11 Å². The standard InChI is InChI=1S/C24H23Cl2FN4O3/c1-33-23-29-21-15(22(30-23)31-5-4-28-24(9-31)10-34-11-24)8-17(26)19(20(21)27)14-6-13(32)7-16(25)18(14)12-2-3-12/h6-8,12,28,32H,2-5,9-11H2,1H3. The summed E-state index contributed by atoms with van der Waals surface area (Å²) in [6, 6.07) is 4.78. The first-order chi connectivity index (χ1) is 16.4. The number of phenolic OH excluding ortho intramolecular Hbond substituents is 1. The highest BCUT2D eigenvalue weighted by molar-refractivity contribution is 6.35. The molecule has 6 rings (SSSR count). The maximum atomic E-state index is 16.2. The van der Waals surface area contributed by atoms with Gasteiger partial charge in [-0.15, -0.1) is 0 Å². The first-order valence-corrected chi connectivity index (χ1v) is 12.0. The molecule has 1 saturated carbocycles. The Kier molecular flexibility index (Phi) is 5.26. The Hall–Kier alpha value is -2.39. The normalized spacial score (nSPS) is 19.5. The highest BCUT2D eigenvalue weighted by Gasteiger charge is 2.43. The lowest BCUT2D eigenvalue weighted by atomic mass is 9.93. The summed E-state index contributed by atoms with van der Waals surface area (Å²) in [6.07, 6.45) is 1.91. The van der Waals surface area contributed by atoms with Crippen LogP contribution in [0.5, 0.6) is 11.8 Å². The number of fused-ring (bicyclic) bond motifs is 1. The Balaban J connectivity index is 1.55. The molecule has 2 N–H and O–H groups in total. The minimum Gasteiger partial charge on any atom is -0.508 e. The number of methoxy groups -OCH3 is 1. The Bertz CT molecular complexity index is 1310. The van der Waals surface area contributed by atoms with Gasteiger partial charge in [-0.2, -0.15) is 9.97 Å². The number of ether oxygens (including phenoxy) is 2. The minimum atomic E-state index is -0.593. The molecule has 3 heterocycles. The van der Waals surface area contributed by atoms with Crippen LogP contribution in [0, 0.1) is 5.82 Å². The van der Waals surface area contributed by atoms with Crippen LogP contribution in [0.3, 0.4) is 0 Å². The van der Waals surface area contributed by atoms with E-state index in [-0.39, 0.29) is 39.3 Å². The molecule has 2 aromatic carbocycles. The zero-order valence-corrected chi connectivity index (χ0v) is 20.0. The molecule has 0 bridgehead atoms. The lowest BCUT2D eigenvalue weighted by Gasteiger charge is -2.49. The van der Waals surface area contributed by atoms with Crippen molar-refractivity contribution < 1.29 is 19.0 Å². The third-order valence-corrected chi connectivity index (χ3v) is 7.44. The maximum absolute atomic E-state index is 16.2. The molecule has 0 radical (unpaired) electrons. The van der Waals surface area contributed by atoms with E-state index in [1.54, 1.807) is 6.07 Å². The van der Waals surface area contributed by atoms with E-state index in [0.717, 1.165) is 24.9 Å². The monoisotopic (exact) mass is 504 g/mol. The minimum absolute atomic E-state index is 0.0465. The Morgan fingerprint density at radius 1 is 1.21 bits per heavy atom. The second kappa shape index (κ2) is 8.09. The van der Waals surface area contributed by atoms with Gasteiger partial charge in [0.25, 0.3) is 0 Å². The first-order valence-electron chi connectivity index (χ1n) is 11.2. The number of aromatic nitrogens is 2. The summed E-state index contributed by atoms with van der Waals surface area (Å²) in [4.78, 5) is 11.0. The summed E-state index contributed by atoms with van der Waals surface area (Å²) in [7, 11) is 1.46. The summed E-state index contributed by atoms with van der Waals surface area (Å²) in [6.45, 7) is 3.33. The molecule has 2 aliphatic heterocycles. The molecule has 3 aromatic rings. The van der Waals surface area contributed by atoms with E-state index in [1.807, 2.05) is 0 Å². The number of halogens is 3. The van der Waals surface area contributed by atoms with Crippen LogP contribution in [0.1, 0.15) is 24.3 Å². The summed E-state index contributed by atoms with van der Waals surface area (Å²) >= 11 is 13.2. The first kappa shape index (κ1) is 22.1. The lowest BCUT2D eigenvalue weighted by molar-refractivity contribution is -0.0743. The third kappa shape index (κ3) is 3.55. The molecule has 1 aliphatic carbocycles. The molecular weight excluding hydrogens is 482 g/mol. The van der Waals surface area contributed by atoms with Gasteiger partial charge in [-0.25, -0.2) is 4.39 Å². The van der Waals surface area contributed by atoms with Crippen LogP contribution in [-0.2, 0) is 4.74 Å². The number of hydrogen-bond acceptors (Lipinski definition) is 7. The highest BCUT2D eigenvalue weighted by Crippen LogP contribution is 2.51. The largest absolute Gasteiger partial charge is 0.508 e. The molecule has 34 heavy (non-hydrogen) atoms. The topological polar surface area (TPSA) is 79.7 Å². The Morgan fingerprint density at radius 3 is 2.68 bits per heavy atom. The quantitative estimate of drug-likeness (QED) is 0.540. The molecular formula is C24H23Cl2FN4O3. The molecule has 3 fully saturated rings. The Morgan fingerprint density at radius 2 is 2.00 bits per heavy atom. The molecule has 10 heteroatoms. The van der Waals surface area contributed by atoms with Crippen LogP contribution >= 0.6 is 23.2 Å². The fraction of sp³-hybridized carbons (Fsp3) is 0.417. The number of phenols is 1. The van der Waals surface area contributed by atoms with Crippen molar-refractivity contribution >= 4 is 39.9 Å². The van der Waals surface area contributed by atoms with Crippen molar-refractivity contribution in [3.8, 4) is 22.9 Å². The van der Waals surface area contributed by atoms with E-state index in [4.69, 9.17) is 32.7 Å².